The molecule has 0 fully saturated rings. The average Bonchev–Trinajstić information content (AvgIpc) is 2.18. The Labute approximate surface area is 90.2 Å². The summed E-state index contributed by atoms with van der Waals surface area (Å²) in [6.07, 6.45) is -0.0740. The van der Waals surface area contributed by atoms with Crippen LogP contribution in [0, 0.1) is 5.92 Å². The molecule has 1 aromatic carbocycles. The maximum absolute atomic E-state index is 11.6. The van der Waals surface area contributed by atoms with Crippen molar-refractivity contribution in [1.82, 2.24) is 0 Å². The minimum absolute atomic E-state index is 0.0740. The van der Waals surface area contributed by atoms with Gasteiger partial charge in [-0.05, 0) is 37.1 Å². The molecule has 0 aliphatic carbocycles. The summed E-state index contributed by atoms with van der Waals surface area (Å²) in [5, 5.41) is 0. The first-order valence-corrected chi connectivity index (χ1v) is 5.07. The quantitative estimate of drug-likeness (QED) is 0.612. The summed E-state index contributed by atoms with van der Waals surface area (Å²) in [6, 6.07) is 6.72. The van der Waals surface area contributed by atoms with E-state index in [0.717, 1.165) is 0 Å². The van der Waals surface area contributed by atoms with E-state index in [9.17, 15) is 4.79 Å². The molecular weight excluding hydrogens is 190 g/mol. The number of nitrogens with two attached hydrogens (primary N) is 1. The molecule has 0 spiro atoms. The topological polar surface area (TPSA) is 52.3 Å². The molecular formula is C12H17NO2. The molecule has 1 unspecified atom stereocenters. The molecule has 0 aromatic heterocycles. The molecule has 1 atom stereocenters. The Kier molecular flexibility index (Phi) is 3.72. The average molecular weight is 207 g/mol. The summed E-state index contributed by atoms with van der Waals surface area (Å²) in [4.78, 5) is 11.6. The van der Waals surface area contributed by atoms with Crippen LogP contribution in [-0.2, 0) is 4.74 Å². The van der Waals surface area contributed by atoms with Gasteiger partial charge in [0.1, 0.15) is 6.10 Å². The predicted molar refractivity (Wildman–Crippen MR) is 60.6 cm³/mol. The summed E-state index contributed by atoms with van der Waals surface area (Å²) in [5.41, 5.74) is 6.70. The highest BCUT2D eigenvalue weighted by Gasteiger charge is 2.14. The van der Waals surface area contributed by atoms with Crippen LogP contribution in [0.3, 0.4) is 0 Å². The molecule has 3 heteroatoms. The van der Waals surface area contributed by atoms with Crippen molar-refractivity contribution in [2.45, 2.75) is 26.9 Å². The first-order chi connectivity index (χ1) is 7.00. The van der Waals surface area contributed by atoms with Gasteiger partial charge in [-0.25, -0.2) is 4.79 Å². The molecule has 2 N–H and O–H groups in total. The van der Waals surface area contributed by atoms with Crippen molar-refractivity contribution in [2.75, 3.05) is 5.73 Å². The van der Waals surface area contributed by atoms with E-state index in [-0.39, 0.29) is 12.1 Å². The SMILES string of the molecule is CC(C)C(C)OC(=O)c1ccc(N)cc1. The second-order valence-corrected chi connectivity index (χ2v) is 3.98. The molecule has 0 amide bonds. The maximum atomic E-state index is 11.6. The van der Waals surface area contributed by atoms with Crippen LogP contribution in [0.1, 0.15) is 31.1 Å². The van der Waals surface area contributed by atoms with Crippen molar-refractivity contribution < 1.29 is 9.53 Å². The third-order valence-corrected chi connectivity index (χ3v) is 2.38. The van der Waals surface area contributed by atoms with Crippen LogP contribution in [-0.4, -0.2) is 12.1 Å². The van der Waals surface area contributed by atoms with E-state index in [4.69, 9.17) is 10.5 Å². The number of nitrogen functional groups attached to an aromatic ring is 1. The summed E-state index contributed by atoms with van der Waals surface area (Å²) >= 11 is 0. The summed E-state index contributed by atoms with van der Waals surface area (Å²) in [5.74, 6) is 0.0268. The minimum Gasteiger partial charge on any atom is -0.459 e. The van der Waals surface area contributed by atoms with Crippen molar-refractivity contribution in [2.24, 2.45) is 5.92 Å². The number of esters is 1. The summed E-state index contributed by atoms with van der Waals surface area (Å²) in [7, 11) is 0. The fourth-order valence-electron chi connectivity index (χ4n) is 0.992. The summed E-state index contributed by atoms with van der Waals surface area (Å²) < 4.78 is 5.26. The van der Waals surface area contributed by atoms with Gasteiger partial charge in [0.25, 0.3) is 0 Å². The number of hydrogen-bond acceptors (Lipinski definition) is 3. The Morgan fingerprint density at radius 2 is 1.73 bits per heavy atom. The van der Waals surface area contributed by atoms with E-state index < -0.39 is 0 Å². The first-order valence-electron chi connectivity index (χ1n) is 5.07. The highest BCUT2D eigenvalue weighted by Crippen LogP contribution is 2.11. The van der Waals surface area contributed by atoms with Gasteiger partial charge >= 0.3 is 5.97 Å². The second kappa shape index (κ2) is 4.82. The lowest BCUT2D eigenvalue weighted by molar-refractivity contribution is 0.0238. The molecule has 0 radical (unpaired) electrons. The Bertz CT molecular complexity index is 330. The standard InChI is InChI=1S/C12H17NO2/c1-8(2)9(3)15-12(14)10-4-6-11(13)7-5-10/h4-9H,13H2,1-3H3. The number of hydrogen-bond donors (Lipinski definition) is 1. The fourth-order valence-corrected chi connectivity index (χ4v) is 0.992. The van der Waals surface area contributed by atoms with Crippen LogP contribution in [0.15, 0.2) is 24.3 Å². The fraction of sp³-hybridized carbons (Fsp3) is 0.417. The maximum Gasteiger partial charge on any atom is 0.338 e. The van der Waals surface area contributed by atoms with Crippen molar-refractivity contribution in [3.63, 3.8) is 0 Å². The molecule has 3 nitrogen and oxygen atoms in total. The van der Waals surface area contributed by atoms with E-state index in [1.54, 1.807) is 24.3 Å². The van der Waals surface area contributed by atoms with Gasteiger partial charge in [-0.3, -0.25) is 0 Å². The lowest BCUT2D eigenvalue weighted by Crippen LogP contribution is -2.20. The molecule has 1 aromatic rings. The second-order valence-electron chi connectivity index (χ2n) is 3.98. The zero-order valence-corrected chi connectivity index (χ0v) is 9.36. The van der Waals surface area contributed by atoms with E-state index in [1.807, 2.05) is 20.8 Å². The van der Waals surface area contributed by atoms with Crippen LogP contribution < -0.4 is 5.73 Å². The molecule has 0 aliphatic rings. The van der Waals surface area contributed by atoms with Gasteiger partial charge < -0.3 is 10.5 Å². The molecule has 0 saturated heterocycles. The lowest BCUT2D eigenvalue weighted by Gasteiger charge is -2.16. The number of carbonyl (C=O) groups excluding carboxylic acids is 1. The Hall–Kier alpha value is -1.51. The van der Waals surface area contributed by atoms with Crippen molar-refractivity contribution in [3.05, 3.63) is 29.8 Å². The number of rotatable bonds is 3. The minimum atomic E-state index is -0.295. The van der Waals surface area contributed by atoms with Crippen LogP contribution in [0.25, 0.3) is 0 Å². The zero-order valence-electron chi connectivity index (χ0n) is 9.36. The monoisotopic (exact) mass is 207 g/mol. The molecule has 0 heterocycles. The van der Waals surface area contributed by atoms with E-state index in [1.165, 1.54) is 0 Å². The molecule has 0 saturated carbocycles. The van der Waals surface area contributed by atoms with Gasteiger partial charge in [0.05, 0.1) is 5.56 Å². The largest absolute Gasteiger partial charge is 0.459 e. The van der Waals surface area contributed by atoms with Crippen molar-refractivity contribution in [1.29, 1.82) is 0 Å². The van der Waals surface area contributed by atoms with Crippen LogP contribution in [0.2, 0.25) is 0 Å². The molecule has 82 valence electrons. The smallest absolute Gasteiger partial charge is 0.338 e. The summed E-state index contributed by atoms with van der Waals surface area (Å²) in [6.45, 7) is 5.92. The predicted octanol–water partition coefficient (Wildman–Crippen LogP) is 2.47. The molecule has 0 bridgehead atoms. The van der Waals surface area contributed by atoms with Crippen LogP contribution in [0.5, 0.6) is 0 Å². The molecule has 1 rings (SSSR count). The van der Waals surface area contributed by atoms with E-state index >= 15 is 0 Å². The third kappa shape index (κ3) is 3.27. The molecule has 0 aliphatic heterocycles. The Morgan fingerprint density at radius 1 is 1.20 bits per heavy atom. The van der Waals surface area contributed by atoms with Gasteiger partial charge in [-0.2, -0.15) is 0 Å². The van der Waals surface area contributed by atoms with E-state index in [2.05, 4.69) is 0 Å². The van der Waals surface area contributed by atoms with Crippen molar-refractivity contribution in [3.8, 4) is 0 Å². The van der Waals surface area contributed by atoms with Crippen molar-refractivity contribution >= 4 is 11.7 Å². The number of anilines is 1. The van der Waals surface area contributed by atoms with Gasteiger partial charge in [-0.15, -0.1) is 0 Å². The van der Waals surface area contributed by atoms with Gasteiger partial charge in [0.2, 0.25) is 0 Å². The van der Waals surface area contributed by atoms with Gasteiger partial charge in [0.15, 0.2) is 0 Å². The van der Waals surface area contributed by atoms with Crippen LogP contribution >= 0.6 is 0 Å². The molecule has 15 heavy (non-hydrogen) atoms. The third-order valence-electron chi connectivity index (χ3n) is 2.38. The Morgan fingerprint density at radius 3 is 2.20 bits per heavy atom. The Balaban J connectivity index is 2.65. The normalized spacial score (nSPS) is 12.5. The number of carbonyl (C=O) groups is 1. The highest BCUT2D eigenvalue weighted by atomic mass is 16.5. The highest BCUT2D eigenvalue weighted by molar-refractivity contribution is 5.89. The van der Waals surface area contributed by atoms with Gasteiger partial charge in [-0.1, -0.05) is 13.8 Å². The van der Waals surface area contributed by atoms with Crippen LogP contribution in [0.4, 0.5) is 5.69 Å². The first kappa shape index (κ1) is 11.6. The van der Waals surface area contributed by atoms with E-state index in [0.29, 0.717) is 17.2 Å². The number of benzene rings is 1. The zero-order chi connectivity index (χ0) is 11.4. The van der Waals surface area contributed by atoms with Gasteiger partial charge in [0, 0.05) is 5.69 Å². The number of ether oxygens (including phenoxy) is 1. The lowest BCUT2D eigenvalue weighted by atomic mass is 10.1.